The van der Waals surface area contributed by atoms with Gasteiger partial charge in [-0.25, -0.2) is 4.98 Å². The summed E-state index contributed by atoms with van der Waals surface area (Å²) in [5.41, 5.74) is 6.68. The van der Waals surface area contributed by atoms with Gasteiger partial charge in [0.15, 0.2) is 0 Å². The van der Waals surface area contributed by atoms with Crippen LogP contribution in [0.25, 0.3) is 0 Å². The van der Waals surface area contributed by atoms with Gasteiger partial charge in [0.05, 0.1) is 14.4 Å². The zero-order chi connectivity index (χ0) is 12.3. The molecule has 0 saturated carbocycles. The first-order valence-corrected chi connectivity index (χ1v) is 6.83. The third-order valence-corrected chi connectivity index (χ3v) is 3.81. The number of benzene rings is 1. The van der Waals surface area contributed by atoms with E-state index in [1.165, 1.54) is 0 Å². The van der Waals surface area contributed by atoms with Gasteiger partial charge >= 0.3 is 0 Å². The third kappa shape index (κ3) is 3.06. The molecular weight excluding hydrogens is 300 g/mol. The molecule has 3 nitrogen and oxygen atoms in total. The Morgan fingerprint density at radius 2 is 2.29 bits per heavy atom. The van der Waals surface area contributed by atoms with Crippen LogP contribution in [0.5, 0.6) is 5.75 Å². The fraction of sp³-hybridized carbons (Fsp3) is 0.250. The monoisotopic (exact) mass is 312 g/mol. The molecule has 0 amide bonds. The smallest absolute Gasteiger partial charge is 0.138 e. The molecule has 0 fully saturated rings. The van der Waals surface area contributed by atoms with E-state index < -0.39 is 0 Å². The van der Waals surface area contributed by atoms with Gasteiger partial charge in [-0.3, -0.25) is 0 Å². The molecule has 0 saturated heterocycles. The van der Waals surface area contributed by atoms with Crippen molar-refractivity contribution in [1.82, 2.24) is 4.98 Å². The molecule has 0 unspecified atom stereocenters. The SMILES string of the molecule is Cc1ncc(COc2c(Br)cccc2CN)s1. The van der Waals surface area contributed by atoms with Gasteiger partial charge in [-0.15, -0.1) is 11.3 Å². The largest absolute Gasteiger partial charge is 0.486 e. The zero-order valence-corrected chi connectivity index (χ0v) is 11.8. The second-order valence-electron chi connectivity index (χ2n) is 3.57. The fourth-order valence-electron chi connectivity index (χ4n) is 1.49. The highest BCUT2D eigenvalue weighted by molar-refractivity contribution is 9.10. The second-order valence-corrected chi connectivity index (χ2v) is 5.74. The lowest BCUT2D eigenvalue weighted by Gasteiger charge is -2.11. The molecular formula is C12H13BrN2OS. The molecule has 2 aromatic rings. The number of thiazole rings is 1. The lowest BCUT2D eigenvalue weighted by molar-refractivity contribution is 0.304. The quantitative estimate of drug-likeness (QED) is 0.942. The number of para-hydroxylation sites is 1. The summed E-state index contributed by atoms with van der Waals surface area (Å²) in [5.74, 6) is 0.820. The van der Waals surface area contributed by atoms with Crippen LogP contribution in [0.3, 0.4) is 0 Å². The van der Waals surface area contributed by atoms with Crippen molar-refractivity contribution >= 4 is 27.3 Å². The van der Waals surface area contributed by atoms with E-state index in [9.17, 15) is 0 Å². The van der Waals surface area contributed by atoms with E-state index in [0.717, 1.165) is 25.7 Å². The van der Waals surface area contributed by atoms with Crippen molar-refractivity contribution in [1.29, 1.82) is 0 Å². The Morgan fingerprint density at radius 3 is 2.94 bits per heavy atom. The number of rotatable bonds is 4. The first-order valence-electron chi connectivity index (χ1n) is 5.22. The molecule has 17 heavy (non-hydrogen) atoms. The van der Waals surface area contributed by atoms with Crippen molar-refractivity contribution < 1.29 is 4.74 Å². The van der Waals surface area contributed by atoms with E-state index in [4.69, 9.17) is 10.5 Å². The van der Waals surface area contributed by atoms with Crippen LogP contribution in [-0.4, -0.2) is 4.98 Å². The highest BCUT2D eigenvalue weighted by Crippen LogP contribution is 2.30. The van der Waals surface area contributed by atoms with Gasteiger partial charge in [0.2, 0.25) is 0 Å². The van der Waals surface area contributed by atoms with E-state index in [1.54, 1.807) is 11.3 Å². The van der Waals surface area contributed by atoms with E-state index in [0.29, 0.717) is 13.2 Å². The van der Waals surface area contributed by atoms with Gasteiger partial charge in [-0.1, -0.05) is 12.1 Å². The topological polar surface area (TPSA) is 48.1 Å². The summed E-state index contributed by atoms with van der Waals surface area (Å²) >= 11 is 5.12. The number of nitrogens with zero attached hydrogens (tertiary/aromatic N) is 1. The normalized spacial score (nSPS) is 10.5. The minimum Gasteiger partial charge on any atom is -0.486 e. The average molecular weight is 313 g/mol. The van der Waals surface area contributed by atoms with Crippen LogP contribution in [0, 0.1) is 6.92 Å². The first kappa shape index (κ1) is 12.5. The summed E-state index contributed by atoms with van der Waals surface area (Å²) < 4.78 is 6.73. The van der Waals surface area contributed by atoms with Crippen LogP contribution >= 0.6 is 27.3 Å². The fourth-order valence-corrected chi connectivity index (χ4v) is 2.72. The molecule has 0 atom stereocenters. The number of ether oxygens (including phenoxy) is 1. The third-order valence-electron chi connectivity index (χ3n) is 2.30. The molecule has 0 aliphatic carbocycles. The summed E-state index contributed by atoms with van der Waals surface area (Å²) in [6, 6.07) is 5.88. The minimum atomic E-state index is 0.469. The Kier molecular flexibility index (Phi) is 4.15. The van der Waals surface area contributed by atoms with Crippen LogP contribution in [0.1, 0.15) is 15.4 Å². The summed E-state index contributed by atoms with van der Waals surface area (Å²) in [7, 11) is 0. The molecule has 1 aromatic carbocycles. The van der Waals surface area contributed by atoms with E-state index in [1.807, 2.05) is 31.3 Å². The predicted molar refractivity (Wildman–Crippen MR) is 73.2 cm³/mol. The molecule has 1 aromatic heterocycles. The Hall–Kier alpha value is -0.910. The molecule has 0 aliphatic heterocycles. The Balaban J connectivity index is 2.13. The maximum Gasteiger partial charge on any atom is 0.138 e. The molecule has 1 heterocycles. The Labute approximate surface area is 113 Å². The predicted octanol–water partition coefficient (Wildman–Crippen LogP) is 3.25. The van der Waals surface area contributed by atoms with Crippen LogP contribution in [-0.2, 0) is 13.2 Å². The summed E-state index contributed by atoms with van der Waals surface area (Å²) in [6.07, 6.45) is 1.85. The van der Waals surface area contributed by atoms with Crippen molar-refractivity contribution in [3.63, 3.8) is 0 Å². The van der Waals surface area contributed by atoms with E-state index in [-0.39, 0.29) is 0 Å². The number of aryl methyl sites for hydroxylation is 1. The van der Waals surface area contributed by atoms with Gasteiger partial charge < -0.3 is 10.5 Å². The lowest BCUT2D eigenvalue weighted by Crippen LogP contribution is -2.02. The molecule has 0 aliphatic rings. The number of hydrogen-bond donors (Lipinski definition) is 1. The van der Waals surface area contributed by atoms with Crippen molar-refractivity contribution in [3.8, 4) is 5.75 Å². The van der Waals surface area contributed by atoms with Gasteiger partial charge in [0.25, 0.3) is 0 Å². The highest BCUT2D eigenvalue weighted by Gasteiger charge is 2.07. The Bertz CT molecular complexity index is 513. The molecule has 90 valence electrons. The molecule has 2 N–H and O–H groups in total. The standard InChI is InChI=1S/C12H13BrN2OS/c1-8-15-6-10(17-8)7-16-12-9(5-14)3-2-4-11(12)13/h2-4,6H,5,7,14H2,1H3. The molecule has 5 heteroatoms. The van der Waals surface area contributed by atoms with Gasteiger partial charge in [0.1, 0.15) is 12.4 Å². The van der Waals surface area contributed by atoms with Crippen molar-refractivity contribution in [3.05, 3.63) is 44.3 Å². The van der Waals surface area contributed by atoms with Crippen LogP contribution in [0.15, 0.2) is 28.9 Å². The van der Waals surface area contributed by atoms with E-state index >= 15 is 0 Å². The first-order chi connectivity index (χ1) is 8.20. The zero-order valence-electron chi connectivity index (χ0n) is 9.44. The molecule has 0 bridgehead atoms. The number of nitrogens with two attached hydrogens (primary N) is 1. The highest BCUT2D eigenvalue weighted by atomic mass is 79.9. The van der Waals surface area contributed by atoms with E-state index in [2.05, 4.69) is 20.9 Å². The van der Waals surface area contributed by atoms with Crippen LogP contribution < -0.4 is 10.5 Å². The molecule has 2 rings (SSSR count). The summed E-state index contributed by atoms with van der Waals surface area (Å²) in [6.45, 7) is 2.98. The molecule has 0 spiro atoms. The van der Waals surface area contributed by atoms with Gasteiger partial charge in [0, 0.05) is 18.3 Å². The van der Waals surface area contributed by atoms with Crippen LogP contribution in [0.4, 0.5) is 0 Å². The second kappa shape index (κ2) is 5.62. The maximum atomic E-state index is 5.80. The summed E-state index contributed by atoms with van der Waals surface area (Å²) in [5, 5.41) is 1.05. The number of hydrogen-bond acceptors (Lipinski definition) is 4. The van der Waals surface area contributed by atoms with Gasteiger partial charge in [-0.05, 0) is 28.9 Å². The average Bonchev–Trinajstić information content (AvgIpc) is 2.73. The Morgan fingerprint density at radius 1 is 1.47 bits per heavy atom. The van der Waals surface area contributed by atoms with Crippen LogP contribution in [0.2, 0.25) is 0 Å². The lowest BCUT2D eigenvalue weighted by atomic mass is 10.2. The number of halogens is 1. The molecule has 0 radical (unpaired) electrons. The number of aromatic nitrogens is 1. The summed E-state index contributed by atoms with van der Waals surface area (Å²) in [4.78, 5) is 5.31. The van der Waals surface area contributed by atoms with Crippen molar-refractivity contribution in [2.45, 2.75) is 20.1 Å². The van der Waals surface area contributed by atoms with Crippen molar-refractivity contribution in [2.75, 3.05) is 0 Å². The maximum absolute atomic E-state index is 5.80. The van der Waals surface area contributed by atoms with Crippen molar-refractivity contribution in [2.24, 2.45) is 5.73 Å². The van der Waals surface area contributed by atoms with Gasteiger partial charge in [-0.2, -0.15) is 0 Å². The minimum absolute atomic E-state index is 0.469.